The molecule has 4 rings (SSSR count). The summed E-state index contributed by atoms with van der Waals surface area (Å²) in [5.41, 5.74) is 0.0412. The van der Waals surface area contributed by atoms with E-state index >= 15 is 0 Å². The number of ether oxygens (including phenoxy) is 1. The second-order valence-electron chi connectivity index (χ2n) is 9.17. The monoisotopic (exact) mass is 488 g/mol. The molecule has 2 aromatic rings. The molecule has 7 heteroatoms. The number of benzene rings is 2. The molecule has 2 aliphatic rings. The molecule has 0 N–H and O–H groups in total. The smallest absolute Gasteiger partial charge is 0.255 e. The van der Waals surface area contributed by atoms with E-state index in [1.54, 1.807) is 24.3 Å². The van der Waals surface area contributed by atoms with Crippen LogP contribution in [0.1, 0.15) is 48.9 Å². The number of hydrogen-bond acceptors (Lipinski definition) is 3. The number of nitrogens with zero attached hydrogens (tertiary/aromatic N) is 2. The second kappa shape index (κ2) is 10.8. The highest BCUT2D eigenvalue weighted by Gasteiger charge is 2.41. The van der Waals surface area contributed by atoms with Crippen LogP contribution in [-0.2, 0) is 4.79 Å². The first-order valence-corrected chi connectivity index (χ1v) is 12.4. The van der Waals surface area contributed by atoms with Crippen molar-refractivity contribution in [1.29, 1.82) is 0 Å². The van der Waals surface area contributed by atoms with Crippen LogP contribution in [0.25, 0.3) is 0 Å². The number of hydrogen-bond donors (Lipinski definition) is 0. The topological polar surface area (TPSA) is 49.9 Å². The normalized spacial score (nSPS) is 21.0. The first-order valence-electron chi connectivity index (χ1n) is 11.7. The van der Waals surface area contributed by atoms with Gasteiger partial charge in [0.25, 0.3) is 5.91 Å². The van der Waals surface area contributed by atoms with Crippen LogP contribution < -0.4 is 4.74 Å². The van der Waals surface area contributed by atoms with E-state index < -0.39 is 5.41 Å². The highest BCUT2D eigenvalue weighted by molar-refractivity contribution is 6.33. The zero-order chi connectivity index (χ0) is 23.3. The summed E-state index contributed by atoms with van der Waals surface area (Å²) in [5.74, 6) is 0.766. The lowest BCUT2D eigenvalue weighted by molar-refractivity contribution is -0.136. The van der Waals surface area contributed by atoms with Crippen molar-refractivity contribution in [2.24, 2.45) is 5.41 Å². The van der Waals surface area contributed by atoms with Gasteiger partial charge in [0.1, 0.15) is 5.75 Å². The minimum absolute atomic E-state index is 0.0958. The number of halogens is 2. The van der Waals surface area contributed by atoms with Crippen molar-refractivity contribution >= 4 is 35.0 Å². The Bertz CT molecular complexity index is 976. The third-order valence-corrected chi connectivity index (χ3v) is 7.23. The van der Waals surface area contributed by atoms with E-state index in [9.17, 15) is 9.59 Å². The van der Waals surface area contributed by atoms with Gasteiger partial charge in [0.15, 0.2) is 0 Å². The van der Waals surface area contributed by atoms with Gasteiger partial charge in [-0.25, -0.2) is 0 Å². The summed E-state index contributed by atoms with van der Waals surface area (Å²) in [7, 11) is 0. The summed E-state index contributed by atoms with van der Waals surface area (Å²) in [4.78, 5) is 30.4. The number of likely N-dealkylation sites (tertiary alicyclic amines) is 2. The second-order valence-corrected chi connectivity index (χ2v) is 10.0. The van der Waals surface area contributed by atoms with Crippen LogP contribution in [0.2, 0.25) is 10.0 Å². The third kappa shape index (κ3) is 6.01. The lowest BCUT2D eigenvalue weighted by Gasteiger charge is -2.43. The molecule has 0 radical (unpaired) electrons. The van der Waals surface area contributed by atoms with Crippen LogP contribution in [0.5, 0.6) is 5.75 Å². The summed E-state index contributed by atoms with van der Waals surface area (Å²) in [5, 5.41) is 1.09. The number of rotatable bonds is 6. The predicted molar refractivity (Wildman–Crippen MR) is 131 cm³/mol. The molecular formula is C26H30Cl2N2O3. The molecule has 0 bridgehead atoms. The molecule has 1 unspecified atom stereocenters. The fourth-order valence-corrected chi connectivity index (χ4v) is 5.19. The van der Waals surface area contributed by atoms with Gasteiger partial charge in [-0.15, -0.1) is 0 Å². The van der Waals surface area contributed by atoms with E-state index in [1.807, 2.05) is 34.1 Å². The van der Waals surface area contributed by atoms with Crippen LogP contribution in [-0.4, -0.2) is 54.4 Å². The minimum Gasteiger partial charge on any atom is -0.493 e. The average Bonchev–Trinajstić information content (AvgIpc) is 2.84. The summed E-state index contributed by atoms with van der Waals surface area (Å²) in [6.07, 6.45) is 5.29. The molecule has 0 spiro atoms. The van der Waals surface area contributed by atoms with Crippen molar-refractivity contribution in [1.82, 2.24) is 9.80 Å². The van der Waals surface area contributed by atoms with E-state index in [0.29, 0.717) is 47.5 Å². The Balaban J connectivity index is 1.54. The van der Waals surface area contributed by atoms with Crippen molar-refractivity contribution in [2.75, 3.05) is 32.8 Å². The third-order valence-electron chi connectivity index (χ3n) is 6.65. The van der Waals surface area contributed by atoms with Gasteiger partial charge in [-0.05, 0) is 68.5 Å². The van der Waals surface area contributed by atoms with E-state index in [2.05, 4.69) is 0 Å². The lowest BCUT2D eigenvalue weighted by Crippen LogP contribution is -2.51. The number of amides is 2. The van der Waals surface area contributed by atoms with Crippen molar-refractivity contribution in [3.63, 3.8) is 0 Å². The first kappa shape index (κ1) is 23.9. The number of carbonyl (C=O) groups is 2. The number of piperidine rings is 2. The van der Waals surface area contributed by atoms with Crippen LogP contribution >= 0.6 is 23.2 Å². The Morgan fingerprint density at radius 1 is 0.879 bits per heavy atom. The summed E-state index contributed by atoms with van der Waals surface area (Å²) in [6, 6.07) is 14.4. The van der Waals surface area contributed by atoms with Gasteiger partial charge in [-0.1, -0.05) is 35.3 Å². The zero-order valence-electron chi connectivity index (χ0n) is 18.8. The SMILES string of the molecule is O=C(CC1(COc2ccc(Cl)cc2)CCCN(C(=O)c2ccccc2Cl)C1)N1CCCCC1. The quantitative estimate of drug-likeness (QED) is 0.523. The minimum atomic E-state index is -0.455. The van der Waals surface area contributed by atoms with Crippen molar-refractivity contribution in [3.8, 4) is 5.75 Å². The van der Waals surface area contributed by atoms with Gasteiger partial charge >= 0.3 is 0 Å². The van der Waals surface area contributed by atoms with Gasteiger partial charge in [0.05, 0.1) is 17.2 Å². The fourth-order valence-electron chi connectivity index (χ4n) is 4.84. The van der Waals surface area contributed by atoms with Crippen LogP contribution in [0.4, 0.5) is 0 Å². The largest absolute Gasteiger partial charge is 0.493 e. The molecule has 176 valence electrons. The Morgan fingerprint density at radius 3 is 2.30 bits per heavy atom. The molecule has 1 atom stereocenters. The Labute approximate surface area is 205 Å². The van der Waals surface area contributed by atoms with Crippen molar-refractivity contribution in [3.05, 3.63) is 64.1 Å². The van der Waals surface area contributed by atoms with Crippen molar-refractivity contribution < 1.29 is 14.3 Å². The van der Waals surface area contributed by atoms with E-state index in [1.165, 1.54) is 6.42 Å². The standard InChI is InChI=1S/C26H30Cl2N2O3/c27-20-9-11-21(12-10-20)33-19-26(17-24(31)29-14-4-1-5-15-29)13-6-16-30(18-26)25(32)22-7-2-3-8-23(22)28/h2-3,7-12H,1,4-6,13-19H2. The predicted octanol–water partition coefficient (Wildman–Crippen LogP) is 5.70. The molecule has 2 aromatic carbocycles. The van der Waals surface area contributed by atoms with Crippen LogP contribution in [0.15, 0.2) is 48.5 Å². The maximum Gasteiger partial charge on any atom is 0.255 e. The van der Waals surface area contributed by atoms with Gasteiger partial charge in [0, 0.05) is 43.0 Å². The van der Waals surface area contributed by atoms with E-state index in [4.69, 9.17) is 27.9 Å². The first-order chi connectivity index (χ1) is 16.0. The average molecular weight is 489 g/mol. The summed E-state index contributed by atoms with van der Waals surface area (Å²) < 4.78 is 6.16. The van der Waals surface area contributed by atoms with Crippen LogP contribution in [0.3, 0.4) is 0 Å². The highest BCUT2D eigenvalue weighted by Crippen LogP contribution is 2.36. The molecule has 2 fully saturated rings. The molecule has 5 nitrogen and oxygen atoms in total. The molecule has 0 saturated carbocycles. The molecule has 33 heavy (non-hydrogen) atoms. The van der Waals surface area contributed by atoms with E-state index in [-0.39, 0.29) is 11.8 Å². The molecule has 2 heterocycles. The van der Waals surface area contributed by atoms with Gasteiger partial charge in [0.2, 0.25) is 5.91 Å². The molecule has 2 amide bonds. The molecule has 0 aliphatic carbocycles. The zero-order valence-corrected chi connectivity index (χ0v) is 20.3. The Kier molecular flexibility index (Phi) is 7.82. The molecule has 2 saturated heterocycles. The maximum absolute atomic E-state index is 13.3. The molecule has 0 aromatic heterocycles. The van der Waals surface area contributed by atoms with Crippen molar-refractivity contribution in [2.45, 2.75) is 38.5 Å². The number of carbonyl (C=O) groups excluding carboxylic acids is 2. The van der Waals surface area contributed by atoms with Gasteiger partial charge in [-0.3, -0.25) is 9.59 Å². The highest BCUT2D eigenvalue weighted by atomic mass is 35.5. The Morgan fingerprint density at radius 2 is 1.58 bits per heavy atom. The molecular weight excluding hydrogens is 459 g/mol. The fraction of sp³-hybridized carbons (Fsp3) is 0.462. The van der Waals surface area contributed by atoms with Gasteiger partial charge in [-0.2, -0.15) is 0 Å². The lowest BCUT2D eigenvalue weighted by atomic mass is 9.77. The molecule has 2 aliphatic heterocycles. The van der Waals surface area contributed by atoms with E-state index in [0.717, 1.165) is 38.8 Å². The maximum atomic E-state index is 13.3. The summed E-state index contributed by atoms with van der Waals surface area (Å²) in [6.45, 7) is 3.10. The summed E-state index contributed by atoms with van der Waals surface area (Å²) >= 11 is 12.3. The Hall–Kier alpha value is -2.24. The van der Waals surface area contributed by atoms with Gasteiger partial charge < -0.3 is 14.5 Å². The van der Waals surface area contributed by atoms with Crippen LogP contribution in [0, 0.1) is 5.41 Å².